The Bertz CT molecular complexity index is 1340. The molecule has 0 aliphatic heterocycles. The van der Waals surface area contributed by atoms with Gasteiger partial charge in [0.1, 0.15) is 13.2 Å². The summed E-state index contributed by atoms with van der Waals surface area (Å²) in [6, 6.07) is 12.5. The van der Waals surface area contributed by atoms with Crippen molar-refractivity contribution in [1.29, 1.82) is 0 Å². The summed E-state index contributed by atoms with van der Waals surface area (Å²) in [5, 5.41) is 20.5. The van der Waals surface area contributed by atoms with E-state index in [1.165, 1.54) is 31.2 Å². The Labute approximate surface area is 276 Å². The van der Waals surface area contributed by atoms with Crippen LogP contribution in [0.1, 0.15) is 100 Å². The molecule has 0 saturated heterocycles. The second kappa shape index (κ2) is 17.3. The first-order chi connectivity index (χ1) is 22.5. The van der Waals surface area contributed by atoms with Crippen LogP contribution in [0.25, 0.3) is 10.8 Å². The number of ether oxygens (including phenoxy) is 2. The molecule has 2 saturated carbocycles. The van der Waals surface area contributed by atoms with Gasteiger partial charge in [0.15, 0.2) is 0 Å². The number of aliphatic hydroxyl groups is 2. The number of aliphatic hydroxyl groups excluding tert-OH is 2. The predicted molar refractivity (Wildman–Crippen MR) is 176 cm³/mol. The lowest BCUT2D eigenvalue weighted by Gasteiger charge is -2.38. The Morgan fingerprint density at radius 1 is 0.766 bits per heavy atom. The van der Waals surface area contributed by atoms with E-state index in [1.54, 1.807) is 0 Å². The molecule has 4 rings (SSSR count). The van der Waals surface area contributed by atoms with Crippen LogP contribution in [-0.4, -0.2) is 54.8 Å². The largest absolute Gasteiger partial charge is 0.461 e. The van der Waals surface area contributed by atoms with Gasteiger partial charge in [-0.05, 0) is 90.5 Å². The van der Waals surface area contributed by atoms with Gasteiger partial charge in [-0.3, -0.25) is 0 Å². The number of hydrogen-bond acceptors (Lipinski definition) is 6. The van der Waals surface area contributed by atoms with E-state index >= 15 is 0 Å². The monoisotopic (exact) mass is 658 g/mol. The number of unbranched alkanes of at least 4 members (excludes halogenated alkanes) is 1. The van der Waals surface area contributed by atoms with E-state index < -0.39 is 43.7 Å². The average molecular weight is 659 g/mol. The van der Waals surface area contributed by atoms with Crippen LogP contribution in [0.5, 0.6) is 0 Å². The van der Waals surface area contributed by atoms with Crippen molar-refractivity contribution < 1.29 is 42.4 Å². The van der Waals surface area contributed by atoms with E-state index in [0.29, 0.717) is 18.3 Å². The van der Waals surface area contributed by atoms with Crippen LogP contribution in [0.4, 0.5) is 13.2 Å². The molecule has 6 nitrogen and oxygen atoms in total. The Morgan fingerprint density at radius 3 is 1.85 bits per heavy atom. The van der Waals surface area contributed by atoms with Crippen molar-refractivity contribution >= 4 is 22.7 Å². The fraction of sp³-hybridized carbons (Fsp3) is 0.579. The molecule has 0 amide bonds. The second-order valence-electron chi connectivity index (χ2n) is 13.5. The van der Waals surface area contributed by atoms with E-state index in [9.17, 15) is 33.0 Å². The van der Waals surface area contributed by atoms with Gasteiger partial charge in [0.2, 0.25) is 0 Å². The Kier molecular flexibility index (Phi) is 13.5. The van der Waals surface area contributed by atoms with Crippen LogP contribution < -0.4 is 0 Å². The van der Waals surface area contributed by atoms with E-state index in [2.05, 4.69) is 31.4 Å². The number of fused-ring (bicyclic) bond motifs is 1. The maximum atomic E-state index is 12.4. The number of carbonyl (C=O) groups excluding carboxylic acids is 2. The molecule has 2 fully saturated rings. The molecule has 9 heteroatoms. The van der Waals surface area contributed by atoms with Crippen molar-refractivity contribution in [1.82, 2.24) is 0 Å². The lowest BCUT2D eigenvalue weighted by molar-refractivity contribution is -0.143. The van der Waals surface area contributed by atoms with Crippen LogP contribution in [0, 0.1) is 17.8 Å². The summed E-state index contributed by atoms with van der Waals surface area (Å²) < 4.78 is 47.9. The van der Waals surface area contributed by atoms with Gasteiger partial charge < -0.3 is 19.7 Å². The van der Waals surface area contributed by atoms with Crippen LogP contribution in [0.2, 0.25) is 0 Å². The zero-order valence-electron chi connectivity index (χ0n) is 27.2. The van der Waals surface area contributed by atoms with Gasteiger partial charge in [-0.2, -0.15) is 13.2 Å². The summed E-state index contributed by atoms with van der Waals surface area (Å²) >= 11 is 0. The Balaban J connectivity index is 1.31. The highest BCUT2D eigenvalue weighted by Gasteiger charge is 2.32. The molecule has 0 heterocycles. The molecular weight excluding hydrogens is 609 g/mol. The van der Waals surface area contributed by atoms with Crippen molar-refractivity contribution in [2.75, 3.05) is 26.4 Å². The number of hydrogen-bond donors (Lipinski definition) is 2. The zero-order chi connectivity index (χ0) is 34.0. The van der Waals surface area contributed by atoms with Crippen LogP contribution in [0.3, 0.4) is 0 Å². The highest BCUT2D eigenvalue weighted by molar-refractivity contribution is 5.88. The number of halogens is 3. The highest BCUT2D eigenvalue weighted by Crippen LogP contribution is 2.45. The Hall–Kier alpha value is -3.17. The third-order valence-electron chi connectivity index (χ3n) is 10.3. The summed E-state index contributed by atoms with van der Waals surface area (Å²) in [6.45, 7) is 5.76. The van der Waals surface area contributed by atoms with Gasteiger partial charge in [0, 0.05) is 6.42 Å². The number of alkyl halides is 3. The van der Waals surface area contributed by atoms with E-state index in [0.717, 1.165) is 60.3 Å². The quantitative estimate of drug-likeness (QED) is 0.114. The summed E-state index contributed by atoms with van der Waals surface area (Å²) in [5.74, 6) is 0.643. The molecule has 2 aliphatic rings. The van der Waals surface area contributed by atoms with E-state index in [1.807, 2.05) is 18.2 Å². The van der Waals surface area contributed by atoms with Crippen LogP contribution in [-0.2, 0) is 19.1 Å². The Morgan fingerprint density at radius 2 is 1.30 bits per heavy atom. The minimum absolute atomic E-state index is 0.0711. The molecule has 2 aromatic carbocycles. The van der Waals surface area contributed by atoms with Crippen molar-refractivity contribution in [3.8, 4) is 0 Å². The standard InChI is InChI=1S/C38H49F3O6/c1-25(21-42)36(44)46-23-35(24-47-37(45)26(2)22-43)34-17-16-32-19-31(14-15-33(32)20-34)30-12-10-29(11-13-30)28-8-6-27(7-9-28)5-3-4-18-38(39,40)41/h14-17,19-20,27-30,35,42-43H,1-13,18,21-24H2. The third-order valence-corrected chi connectivity index (χ3v) is 10.3. The van der Waals surface area contributed by atoms with Crippen molar-refractivity contribution in [3.63, 3.8) is 0 Å². The summed E-state index contributed by atoms with van der Waals surface area (Å²) in [4.78, 5) is 24.3. The maximum Gasteiger partial charge on any atom is 0.389 e. The van der Waals surface area contributed by atoms with Gasteiger partial charge in [-0.15, -0.1) is 0 Å². The lowest BCUT2D eigenvalue weighted by Crippen LogP contribution is -2.25. The predicted octanol–water partition coefficient (Wildman–Crippen LogP) is 8.31. The molecular formula is C38H49F3O6. The average Bonchev–Trinajstić information content (AvgIpc) is 3.08. The molecule has 2 N–H and O–H groups in total. The fourth-order valence-electron chi connectivity index (χ4n) is 7.35. The first-order valence-electron chi connectivity index (χ1n) is 17.0. The third kappa shape index (κ3) is 10.9. The number of rotatable bonds is 15. The summed E-state index contributed by atoms with van der Waals surface area (Å²) in [6.07, 6.45) is 6.66. The first kappa shape index (κ1) is 36.7. The number of benzene rings is 2. The van der Waals surface area contributed by atoms with Gasteiger partial charge in [0.25, 0.3) is 0 Å². The molecule has 258 valence electrons. The molecule has 2 aromatic rings. The molecule has 0 radical (unpaired) electrons. The highest BCUT2D eigenvalue weighted by atomic mass is 19.4. The van der Waals surface area contributed by atoms with Crippen LogP contribution >= 0.6 is 0 Å². The summed E-state index contributed by atoms with van der Waals surface area (Å²) in [7, 11) is 0. The minimum atomic E-state index is -4.04. The number of carbonyl (C=O) groups is 2. The molecule has 0 bridgehead atoms. The second-order valence-corrected chi connectivity index (χ2v) is 13.5. The fourth-order valence-corrected chi connectivity index (χ4v) is 7.35. The molecule has 0 atom stereocenters. The van der Waals surface area contributed by atoms with E-state index in [-0.39, 0.29) is 30.8 Å². The number of esters is 2. The van der Waals surface area contributed by atoms with Crippen molar-refractivity contribution in [2.24, 2.45) is 17.8 Å². The van der Waals surface area contributed by atoms with Gasteiger partial charge in [-0.25, -0.2) is 9.59 Å². The SMILES string of the molecule is C=C(CO)C(=O)OCC(COC(=O)C(=C)CO)c1ccc2cc(C3CCC(C4CCC(CCCCC(F)(F)F)CC4)CC3)ccc2c1. The minimum Gasteiger partial charge on any atom is -0.461 e. The van der Waals surface area contributed by atoms with Crippen molar-refractivity contribution in [3.05, 3.63) is 71.8 Å². The lowest BCUT2D eigenvalue weighted by atomic mass is 9.68. The molecule has 2 aliphatic carbocycles. The smallest absolute Gasteiger partial charge is 0.389 e. The van der Waals surface area contributed by atoms with Gasteiger partial charge in [-0.1, -0.05) is 75.2 Å². The molecule has 0 aromatic heterocycles. The van der Waals surface area contributed by atoms with E-state index in [4.69, 9.17) is 9.47 Å². The van der Waals surface area contributed by atoms with Gasteiger partial charge in [0.05, 0.1) is 30.3 Å². The first-order valence-corrected chi connectivity index (χ1v) is 17.0. The van der Waals surface area contributed by atoms with Crippen molar-refractivity contribution in [2.45, 2.75) is 95.1 Å². The molecule has 0 spiro atoms. The maximum absolute atomic E-state index is 12.4. The molecule has 0 unspecified atom stereocenters. The van der Waals surface area contributed by atoms with Gasteiger partial charge >= 0.3 is 18.1 Å². The molecule has 47 heavy (non-hydrogen) atoms. The summed E-state index contributed by atoms with van der Waals surface area (Å²) in [5.41, 5.74) is 2.00. The van der Waals surface area contributed by atoms with Crippen LogP contribution in [0.15, 0.2) is 60.7 Å². The normalized spacial score (nSPS) is 21.8. The zero-order valence-corrected chi connectivity index (χ0v) is 27.2. The topological polar surface area (TPSA) is 93.1 Å².